The van der Waals surface area contributed by atoms with Crippen molar-refractivity contribution in [2.45, 2.75) is 64.7 Å². The minimum Gasteiger partial charge on any atom is -0.356 e. The molecule has 0 bridgehead atoms. The summed E-state index contributed by atoms with van der Waals surface area (Å²) in [7, 11) is 0. The Bertz CT molecular complexity index is 233. The predicted octanol–water partition coefficient (Wildman–Crippen LogP) is 4.12. The number of amides is 1. The second-order valence-electron chi connectivity index (χ2n) is 5.57. The molecule has 0 aliphatic heterocycles. The Labute approximate surface area is 117 Å². The highest BCUT2D eigenvalue weighted by Gasteiger charge is 2.26. The molecule has 0 aromatic carbocycles. The zero-order valence-electron chi connectivity index (χ0n) is 11.7. The molecule has 1 fully saturated rings. The Morgan fingerprint density at radius 3 is 2.61 bits per heavy atom. The molecule has 0 spiro atoms. The van der Waals surface area contributed by atoms with E-state index < -0.39 is 0 Å². The lowest BCUT2D eigenvalue weighted by atomic mass is 9.98. The first-order valence-corrected chi connectivity index (χ1v) is 8.14. The van der Waals surface area contributed by atoms with Crippen molar-refractivity contribution in [3.05, 3.63) is 0 Å². The van der Waals surface area contributed by atoms with E-state index in [-0.39, 0.29) is 5.91 Å². The van der Waals surface area contributed by atoms with Crippen LogP contribution in [0.3, 0.4) is 0 Å². The molecule has 106 valence electrons. The second kappa shape index (κ2) is 9.66. The average molecular weight is 274 g/mol. The lowest BCUT2D eigenvalue weighted by molar-refractivity contribution is -0.121. The van der Waals surface area contributed by atoms with E-state index in [0.717, 1.165) is 18.8 Å². The van der Waals surface area contributed by atoms with Crippen LogP contribution in [0.2, 0.25) is 0 Å². The van der Waals surface area contributed by atoms with Crippen molar-refractivity contribution in [1.29, 1.82) is 0 Å². The molecule has 0 aromatic rings. The summed E-state index contributed by atoms with van der Waals surface area (Å²) in [4.78, 5) is 11.7. The van der Waals surface area contributed by atoms with E-state index in [1.807, 2.05) is 0 Å². The Morgan fingerprint density at radius 2 is 1.89 bits per heavy atom. The number of alkyl halides is 1. The predicted molar refractivity (Wildman–Crippen MR) is 77.9 cm³/mol. The molecule has 1 saturated carbocycles. The van der Waals surface area contributed by atoms with Crippen molar-refractivity contribution in [2.75, 3.05) is 12.4 Å². The normalized spacial score (nSPS) is 23.2. The van der Waals surface area contributed by atoms with Gasteiger partial charge in [0.15, 0.2) is 0 Å². The summed E-state index contributed by atoms with van der Waals surface area (Å²) in [5.41, 5.74) is 0. The fourth-order valence-electron chi connectivity index (χ4n) is 2.81. The van der Waals surface area contributed by atoms with Crippen LogP contribution < -0.4 is 5.32 Å². The van der Waals surface area contributed by atoms with Gasteiger partial charge in [-0.3, -0.25) is 4.79 Å². The Balaban J connectivity index is 2.02. The van der Waals surface area contributed by atoms with Gasteiger partial charge in [-0.25, -0.2) is 0 Å². The van der Waals surface area contributed by atoms with Crippen LogP contribution in [0.25, 0.3) is 0 Å². The van der Waals surface area contributed by atoms with Gasteiger partial charge in [0.1, 0.15) is 0 Å². The Kier molecular flexibility index (Phi) is 8.49. The summed E-state index contributed by atoms with van der Waals surface area (Å²) in [5.74, 6) is 2.21. The number of hydrogen-bond donors (Lipinski definition) is 1. The van der Waals surface area contributed by atoms with Crippen molar-refractivity contribution in [3.8, 4) is 0 Å². The summed E-state index contributed by atoms with van der Waals surface area (Å²) >= 11 is 5.94. The molecule has 1 N–H and O–H groups in total. The van der Waals surface area contributed by atoms with Crippen LogP contribution in [0.5, 0.6) is 0 Å². The minimum atomic E-state index is 0.228. The van der Waals surface area contributed by atoms with E-state index in [9.17, 15) is 4.79 Å². The highest BCUT2D eigenvalue weighted by atomic mass is 35.5. The topological polar surface area (TPSA) is 29.1 Å². The van der Waals surface area contributed by atoms with Crippen LogP contribution in [0.4, 0.5) is 0 Å². The van der Waals surface area contributed by atoms with Crippen LogP contribution >= 0.6 is 11.6 Å². The lowest BCUT2D eigenvalue weighted by Crippen LogP contribution is -2.31. The van der Waals surface area contributed by atoms with Crippen molar-refractivity contribution >= 4 is 17.5 Å². The molecule has 2 unspecified atom stereocenters. The van der Waals surface area contributed by atoms with E-state index >= 15 is 0 Å². The molecule has 18 heavy (non-hydrogen) atoms. The molecule has 2 atom stereocenters. The zero-order valence-corrected chi connectivity index (χ0v) is 12.5. The standard InChI is InChI=1S/C15H28ClNO/c1-2-3-4-5-6-10-15(18)17-12-14-9-7-8-13(14)11-16/h13-14H,2-12H2,1H3,(H,17,18). The molecule has 3 heteroatoms. The van der Waals surface area contributed by atoms with Crippen LogP contribution in [0, 0.1) is 11.8 Å². The van der Waals surface area contributed by atoms with E-state index in [0.29, 0.717) is 18.3 Å². The van der Waals surface area contributed by atoms with E-state index in [4.69, 9.17) is 11.6 Å². The van der Waals surface area contributed by atoms with E-state index in [1.54, 1.807) is 0 Å². The number of carbonyl (C=O) groups is 1. The minimum absolute atomic E-state index is 0.228. The summed E-state index contributed by atoms with van der Waals surface area (Å²) < 4.78 is 0. The number of carbonyl (C=O) groups excluding carboxylic acids is 1. The first kappa shape index (κ1) is 15.8. The molecule has 1 rings (SSSR count). The number of halogens is 1. The van der Waals surface area contributed by atoms with E-state index in [2.05, 4.69) is 12.2 Å². The molecule has 0 heterocycles. The number of unbranched alkanes of at least 4 members (excludes halogenated alkanes) is 4. The van der Waals surface area contributed by atoms with Crippen molar-refractivity contribution in [2.24, 2.45) is 11.8 Å². The smallest absolute Gasteiger partial charge is 0.220 e. The largest absolute Gasteiger partial charge is 0.356 e. The van der Waals surface area contributed by atoms with Crippen molar-refractivity contribution < 1.29 is 4.79 Å². The molecule has 0 aromatic heterocycles. The summed E-state index contributed by atoms with van der Waals surface area (Å²) in [6.07, 6.45) is 10.5. The van der Waals surface area contributed by atoms with Gasteiger partial charge < -0.3 is 5.32 Å². The molecular weight excluding hydrogens is 246 g/mol. The molecule has 0 saturated heterocycles. The fraction of sp³-hybridized carbons (Fsp3) is 0.933. The molecule has 2 nitrogen and oxygen atoms in total. The van der Waals surface area contributed by atoms with Crippen molar-refractivity contribution in [1.82, 2.24) is 5.32 Å². The average Bonchev–Trinajstić information content (AvgIpc) is 2.83. The van der Waals surface area contributed by atoms with Gasteiger partial charge >= 0.3 is 0 Å². The summed E-state index contributed by atoms with van der Waals surface area (Å²) in [5, 5.41) is 3.08. The van der Waals surface area contributed by atoms with Gasteiger partial charge in [0.25, 0.3) is 0 Å². The third-order valence-corrected chi connectivity index (χ3v) is 4.48. The van der Waals surface area contributed by atoms with Gasteiger partial charge in [-0.1, -0.05) is 39.0 Å². The molecule has 0 radical (unpaired) electrons. The van der Waals surface area contributed by atoms with Crippen LogP contribution in [-0.2, 0) is 4.79 Å². The van der Waals surface area contributed by atoms with Crippen LogP contribution in [-0.4, -0.2) is 18.3 Å². The molecule has 1 aliphatic rings. The number of rotatable bonds is 9. The first-order chi connectivity index (χ1) is 8.77. The lowest BCUT2D eigenvalue weighted by Gasteiger charge is -2.17. The first-order valence-electron chi connectivity index (χ1n) is 7.60. The summed E-state index contributed by atoms with van der Waals surface area (Å²) in [6, 6.07) is 0. The molecule has 1 amide bonds. The maximum Gasteiger partial charge on any atom is 0.220 e. The number of nitrogens with one attached hydrogen (secondary N) is 1. The highest BCUT2D eigenvalue weighted by molar-refractivity contribution is 6.18. The molecular formula is C15H28ClNO. The van der Waals surface area contributed by atoms with Gasteiger partial charge in [-0.15, -0.1) is 11.6 Å². The maximum atomic E-state index is 11.7. The highest BCUT2D eigenvalue weighted by Crippen LogP contribution is 2.31. The third kappa shape index (κ3) is 6.08. The van der Waals surface area contributed by atoms with Gasteiger partial charge in [-0.2, -0.15) is 0 Å². The summed E-state index contributed by atoms with van der Waals surface area (Å²) in [6.45, 7) is 3.05. The zero-order chi connectivity index (χ0) is 13.2. The monoisotopic (exact) mass is 273 g/mol. The van der Waals surface area contributed by atoms with Gasteiger partial charge in [-0.05, 0) is 31.1 Å². The molecule has 1 aliphatic carbocycles. The second-order valence-corrected chi connectivity index (χ2v) is 5.88. The number of hydrogen-bond acceptors (Lipinski definition) is 1. The van der Waals surface area contributed by atoms with Gasteiger partial charge in [0.05, 0.1) is 0 Å². The fourth-order valence-corrected chi connectivity index (χ4v) is 3.21. The van der Waals surface area contributed by atoms with Crippen molar-refractivity contribution in [3.63, 3.8) is 0 Å². The Morgan fingerprint density at radius 1 is 1.17 bits per heavy atom. The SMILES string of the molecule is CCCCCCCC(=O)NCC1CCCC1CCl. The maximum absolute atomic E-state index is 11.7. The van der Waals surface area contributed by atoms with Crippen LogP contribution in [0.15, 0.2) is 0 Å². The quantitative estimate of drug-likeness (QED) is 0.497. The van der Waals surface area contributed by atoms with Crippen LogP contribution in [0.1, 0.15) is 64.7 Å². The third-order valence-electron chi connectivity index (χ3n) is 4.08. The Hall–Kier alpha value is -0.240. The van der Waals surface area contributed by atoms with E-state index in [1.165, 1.54) is 44.9 Å². The van der Waals surface area contributed by atoms with Gasteiger partial charge in [0, 0.05) is 18.8 Å². The van der Waals surface area contributed by atoms with Gasteiger partial charge in [0.2, 0.25) is 5.91 Å².